The van der Waals surface area contributed by atoms with Crippen LogP contribution in [0.2, 0.25) is 0 Å². The summed E-state index contributed by atoms with van der Waals surface area (Å²) in [7, 11) is 1.31. The number of carbonyl (C=O) groups is 2. The molecule has 0 aliphatic rings. The zero-order valence-corrected chi connectivity index (χ0v) is 11.7. The molecule has 1 rings (SSSR count). The lowest BCUT2D eigenvalue weighted by atomic mass is 10.2. The van der Waals surface area contributed by atoms with Crippen molar-refractivity contribution in [1.82, 2.24) is 5.32 Å². The fourth-order valence-corrected chi connectivity index (χ4v) is 1.52. The fraction of sp³-hybridized carbons (Fsp3) is 0.333. The van der Waals surface area contributed by atoms with E-state index in [1.165, 1.54) is 13.2 Å². The molecule has 0 aliphatic carbocycles. The van der Waals surface area contributed by atoms with E-state index < -0.39 is 0 Å². The summed E-state index contributed by atoms with van der Waals surface area (Å²) in [6.07, 6.45) is 3.25. The number of amides is 1. The van der Waals surface area contributed by atoms with Gasteiger partial charge in [-0.3, -0.25) is 9.59 Å². The first-order valence-corrected chi connectivity index (χ1v) is 6.42. The highest BCUT2D eigenvalue weighted by Crippen LogP contribution is 2.19. The van der Waals surface area contributed by atoms with Gasteiger partial charge in [-0.25, -0.2) is 0 Å². The maximum absolute atomic E-state index is 11.6. The monoisotopic (exact) mass is 277 g/mol. The van der Waals surface area contributed by atoms with Gasteiger partial charge in [0.15, 0.2) is 0 Å². The second kappa shape index (κ2) is 8.74. The van der Waals surface area contributed by atoms with E-state index in [2.05, 4.69) is 10.1 Å². The van der Waals surface area contributed by atoms with Gasteiger partial charge in [-0.2, -0.15) is 0 Å². The number of benzene rings is 1. The summed E-state index contributed by atoms with van der Waals surface area (Å²) in [5, 5.41) is 2.60. The highest BCUT2D eigenvalue weighted by molar-refractivity contribution is 5.92. The summed E-state index contributed by atoms with van der Waals surface area (Å²) in [5.74, 6) is 0.116. The zero-order valence-electron chi connectivity index (χ0n) is 11.7. The average molecular weight is 277 g/mol. The predicted molar refractivity (Wildman–Crippen MR) is 76.3 cm³/mol. The molecule has 0 fully saturated rings. The molecule has 5 heteroatoms. The Morgan fingerprint density at radius 3 is 2.75 bits per heavy atom. The van der Waals surface area contributed by atoms with Crippen LogP contribution in [0.1, 0.15) is 18.9 Å². The van der Waals surface area contributed by atoms with Crippen LogP contribution in [0, 0.1) is 0 Å². The summed E-state index contributed by atoms with van der Waals surface area (Å²) in [6, 6.07) is 7.46. The third-order valence-electron chi connectivity index (χ3n) is 2.49. The standard InChI is InChI=1S/C15H19NO4/c1-3-20-13-7-5-4-6-12(13)8-9-14(17)16-11-10-15(18)19-2/h4-9H,3,10-11H2,1-2H3,(H,16,17). The Kier molecular flexibility index (Phi) is 6.89. The quantitative estimate of drug-likeness (QED) is 0.609. The number of hydrogen-bond donors (Lipinski definition) is 1. The molecule has 20 heavy (non-hydrogen) atoms. The van der Waals surface area contributed by atoms with E-state index in [1.807, 2.05) is 31.2 Å². The number of hydrogen-bond acceptors (Lipinski definition) is 4. The van der Waals surface area contributed by atoms with Gasteiger partial charge >= 0.3 is 5.97 Å². The van der Waals surface area contributed by atoms with E-state index in [4.69, 9.17) is 4.74 Å². The molecule has 0 aromatic heterocycles. The Hall–Kier alpha value is -2.30. The normalized spacial score (nSPS) is 10.3. The molecule has 0 aliphatic heterocycles. The Morgan fingerprint density at radius 1 is 1.30 bits per heavy atom. The number of nitrogens with one attached hydrogen (secondary N) is 1. The Labute approximate surface area is 118 Å². The van der Waals surface area contributed by atoms with Crippen molar-refractivity contribution >= 4 is 18.0 Å². The number of esters is 1. The highest BCUT2D eigenvalue weighted by Gasteiger charge is 2.02. The molecule has 1 N–H and O–H groups in total. The topological polar surface area (TPSA) is 64.6 Å². The van der Waals surface area contributed by atoms with Crippen LogP contribution in [-0.4, -0.2) is 32.1 Å². The molecule has 0 heterocycles. The van der Waals surface area contributed by atoms with E-state index >= 15 is 0 Å². The van der Waals surface area contributed by atoms with Crippen LogP contribution in [0.5, 0.6) is 5.75 Å². The van der Waals surface area contributed by atoms with Crippen molar-refractivity contribution in [2.45, 2.75) is 13.3 Å². The van der Waals surface area contributed by atoms with Crippen LogP contribution in [0.3, 0.4) is 0 Å². The third kappa shape index (κ3) is 5.56. The van der Waals surface area contributed by atoms with Crippen molar-refractivity contribution in [1.29, 1.82) is 0 Å². The van der Waals surface area contributed by atoms with E-state index in [0.29, 0.717) is 6.61 Å². The van der Waals surface area contributed by atoms with Crippen LogP contribution in [0.25, 0.3) is 6.08 Å². The Bertz CT molecular complexity index is 483. The van der Waals surface area contributed by atoms with Gasteiger partial charge in [0.2, 0.25) is 5.91 Å². The van der Waals surface area contributed by atoms with Crippen LogP contribution in [-0.2, 0) is 14.3 Å². The summed E-state index contributed by atoms with van der Waals surface area (Å²) in [6.45, 7) is 2.72. The molecule has 0 saturated heterocycles. The third-order valence-corrected chi connectivity index (χ3v) is 2.49. The summed E-state index contributed by atoms with van der Waals surface area (Å²) in [5.41, 5.74) is 0.831. The first kappa shape index (κ1) is 15.8. The maximum Gasteiger partial charge on any atom is 0.307 e. The summed E-state index contributed by atoms with van der Waals surface area (Å²) >= 11 is 0. The molecule has 0 unspecified atom stereocenters. The fourth-order valence-electron chi connectivity index (χ4n) is 1.52. The van der Waals surface area contributed by atoms with Gasteiger partial charge in [0.25, 0.3) is 0 Å². The van der Waals surface area contributed by atoms with Gasteiger partial charge in [-0.15, -0.1) is 0 Å². The van der Waals surface area contributed by atoms with Crippen molar-refractivity contribution in [3.63, 3.8) is 0 Å². The Balaban J connectivity index is 2.50. The lowest BCUT2D eigenvalue weighted by Crippen LogP contribution is -2.24. The zero-order chi connectivity index (χ0) is 14.8. The van der Waals surface area contributed by atoms with Crippen molar-refractivity contribution < 1.29 is 19.1 Å². The number of ether oxygens (including phenoxy) is 2. The molecule has 0 spiro atoms. The first-order chi connectivity index (χ1) is 9.67. The average Bonchev–Trinajstić information content (AvgIpc) is 2.46. The van der Waals surface area contributed by atoms with Crippen molar-refractivity contribution in [2.24, 2.45) is 0 Å². The van der Waals surface area contributed by atoms with Crippen LogP contribution in [0.15, 0.2) is 30.3 Å². The van der Waals surface area contributed by atoms with Crippen molar-refractivity contribution in [3.8, 4) is 5.75 Å². The Morgan fingerprint density at radius 2 is 2.05 bits per heavy atom. The molecule has 0 radical (unpaired) electrons. The highest BCUT2D eigenvalue weighted by atomic mass is 16.5. The SMILES string of the molecule is CCOc1ccccc1C=CC(=O)NCCC(=O)OC. The number of methoxy groups -OCH3 is 1. The van der Waals surface area contributed by atoms with Gasteiger partial charge in [0.05, 0.1) is 20.1 Å². The van der Waals surface area contributed by atoms with E-state index in [-0.39, 0.29) is 24.8 Å². The molecule has 5 nitrogen and oxygen atoms in total. The van der Waals surface area contributed by atoms with Crippen molar-refractivity contribution in [3.05, 3.63) is 35.9 Å². The number of para-hydroxylation sites is 1. The van der Waals surface area contributed by atoms with Gasteiger partial charge in [-0.1, -0.05) is 18.2 Å². The van der Waals surface area contributed by atoms with E-state index in [9.17, 15) is 9.59 Å². The van der Waals surface area contributed by atoms with Gasteiger partial charge in [0, 0.05) is 18.2 Å². The minimum Gasteiger partial charge on any atom is -0.493 e. The van der Waals surface area contributed by atoms with Gasteiger partial charge in [-0.05, 0) is 19.1 Å². The summed E-state index contributed by atoms with van der Waals surface area (Å²) in [4.78, 5) is 22.4. The van der Waals surface area contributed by atoms with E-state index in [0.717, 1.165) is 11.3 Å². The molecule has 0 bridgehead atoms. The van der Waals surface area contributed by atoms with Crippen LogP contribution in [0.4, 0.5) is 0 Å². The number of carbonyl (C=O) groups excluding carboxylic acids is 2. The molecule has 1 aromatic rings. The second-order valence-electron chi connectivity index (χ2n) is 3.92. The van der Waals surface area contributed by atoms with Crippen LogP contribution >= 0.6 is 0 Å². The molecule has 0 saturated carbocycles. The molecule has 0 atom stereocenters. The van der Waals surface area contributed by atoms with Gasteiger partial charge < -0.3 is 14.8 Å². The molecule has 108 valence electrons. The first-order valence-electron chi connectivity index (χ1n) is 6.42. The predicted octanol–water partition coefficient (Wildman–Crippen LogP) is 1.78. The van der Waals surface area contributed by atoms with Crippen molar-refractivity contribution in [2.75, 3.05) is 20.3 Å². The van der Waals surface area contributed by atoms with Crippen LogP contribution < -0.4 is 10.1 Å². The number of rotatable bonds is 7. The minimum atomic E-state index is -0.351. The van der Waals surface area contributed by atoms with Gasteiger partial charge in [0.1, 0.15) is 5.75 Å². The largest absolute Gasteiger partial charge is 0.493 e. The molecule has 1 amide bonds. The lowest BCUT2D eigenvalue weighted by Gasteiger charge is -2.06. The minimum absolute atomic E-state index is 0.158. The smallest absolute Gasteiger partial charge is 0.307 e. The second-order valence-corrected chi connectivity index (χ2v) is 3.92. The molecular formula is C15H19NO4. The molecule has 1 aromatic carbocycles. The molecular weight excluding hydrogens is 258 g/mol. The summed E-state index contributed by atoms with van der Waals surface area (Å²) < 4.78 is 9.93. The lowest BCUT2D eigenvalue weighted by molar-refractivity contribution is -0.140. The maximum atomic E-state index is 11.6. The van der Waals surface area contributed by atoms with E-state index in [1.54, 1.807) is 6.08 Å².